The van der Waals surface area contributed by atoms with Crippen molar-refractivity contribution in [1.82, 2.24) is 15.0 Å². The van der Waals surface area contributed by atoms with E-state index in [2.05, 4.69) is 53.6 Å². The Morgan fingerprint density at radius 2 is 1.56 bits per heavy atom. The van der Waals surface area contributed by atoms with Crippen LogP contribution in [0.2, 0.25) is 0 Å². The van der Waals surface area contributed by atoms with E-state index >= 15 is 0 Å². The lowest BCUT2D eigenvalue weighted by molar-refractivity contribution is 0.0631. The van der Waals surface area contributed by atoms with Crippen molar-refractivity contribution in [3.8, 4) is 16.9 Å². The Kier molecular flexibility index (Phi) is 6.04. The SMILES string of the molecule is CCc1ccc(-n2cc(-c3ccc(CCC(C)(CO)CO)cc3)nn2)cc1. The molecule has 0 bridgehead atoms. The molecule has 27 heavy (non-hydrogen) atoms. The second kappa shape index (κ2) is 8.46. The van der Waals surface area contributed by atoms with E-state index < -0.39 is 5.41 Å². The molecule has 5 heteroatoms. The zero-order valence-corrected chi connectivity index (χ0v) is 16.0. The molecule has 0 saturated carbocycles. The van der Waals surface area contributed by atoms with E-state index in [1.807, 2.05) is 25.3 Å². The molecular weight excluding hydrogens is 338 g/mol. The molecule has 0 unspecified atom stereocenters. The van der Waals surface area contributed by atoms with Crippen LogP contribution in [0, 0.1) is 5.41 Å². The average molecular weight is 365 g/mol. The van der Waals surface area contributed by atoms with Gasteiger partial charge in [0.1, 0.15) is 5.69 Å². The third-order valence-corrected chi connectivity index (χ3v) is 5.13. The topological polar surface area (TPSA) is 71.2 Å². The number of rotatable bonds is 8. The van der Waals surface area contributed by atoms with Crippen LogP contribution < -0.4 is 0 Å². The van der Waals surface area contributed by atoms with Crippen LogP contribution >= 0.6 is 0 Å². The van der Waals surface area contributed by atoms with Crippen molar-refractivity contribution in [2.45, 2.75) is 33.1 Å². The molecule has 0 aliphatic carbocycles. The summed E-state index contributed by atoms with van der Waals surface area (Å²) < 4.78 is 1.79. The Hall–Kier alpha value is -2.50. The van der Waals surface area contributed by atoms with Gasteiger partial charge in [-0.25, -0.2) is 4.68 Å². The lowest BCUT2D eigenvalue weighted by Gasteiger charge is -2.24. The van der Waals surface area contributed by atoms with E-state index in [4.69, 9.17) is 0 Å². The van der Waals surface area contributed by atoms with Crippen LogP contribution in [0.1, 0.15) is 31.4 Å². The van der Waals surface area contributed by atoms with E-state index in [0.717, 1.165) is 36.2 Å². The van der Waals surface area contributed by atoms with Crippen LogP contribution in [0.15, 0.2) is 54.7 Å². The molecule has 0 amide bonds. The lowest BCUT2D eigenvalue weighted by atomic mass is 9.86. The number of hydrogen-bond donors (Lipinski definition) is 2. The summed E-state index contributed by atoms with van der Waals surface area (Å²) in [6, 6.07) is 16.5. The normalized spacial score (nSPS) is 11.7. The number of hydrogen-bond acceptors (Lipinski definition) is 4. The van der Waals surface area contributed by atoms with Crippen LogP contribution in [-0.2, 0) is 12.8 Å². The number of aliphatic hydroxyl groups excluding tert-OH is 2. The minimum absolute atomic E-state index is 0.01000. The first-order chi connectivity index (χ1) is 13.1. The lowest BCUT2D eigenvalue weighted by Crippen LogP contribution is -2.26. The van der Waals surface area contributed by atoms with Crippen molar-refractivity contribution >= 4 is 0 Å². The standard InChI is InChI=1S/C22H27N3O2/c1-3-17-6-10-20(11-7-17)25-14-21(23-24-25)19-8-4-18(5-9-19)12-13-22(2,15-26)16-27/h4-11,14,26-27H,3,12-13,15-16H2,1-2H3. The molecule has 1 heterocycles. The van der Waals surface area contributed by atoms with E-state index in [0.29, 0.717) is 0 Å². The number of nitrogens with zero attached hydrogens (tertiary/aromatic N) is 3. The molecule has 0 aliphatic rings. The molecule has 3 rings (SSSR count). The summed E-state index contributed by atoms with van der Waals surface area (Å²) in [7, 11) is 0. The summed E-state index contributed by atoms with van der Waals surface area (Å²) in [5.74, 6) is 0. The van der Waals surface area contributed by atoms with Crippen molar-refractivity contribution < 1.29 is 10.2 Å². The summed E-state index contributed by atoms with van der Waals surface area (Å²) in [5.41, 5.74) is 4.88. The molecule has 2 aromatic carbocycles. The maximum atomic E-state index is 9.40. The third-order valence-electron chi connectivity index (χ3n) is 5.13. The minimum atomic E-state index is -0.436. The molecule has 1 aromatic heterocycles. The smallest absolute Gasteiger partial charge is 0.113 e. The van der Waals surface area contributed by atoms with Crippen LogP contribution in [0.25, 0.3) is 16.9 Å². The largest absolute Gasteiger partial charge is 0.396 e. The highest BCUT2D eigenvalue weighted by Crippen LogP contribution is 2.24. The third kappa shape index (κ3) is 4.62. The van der Waals surface area contributed by atoms with Gasteiger partial charge in [-0.3, -0.25) is 0 Å². The van der Waals surface area contributed by atoms with Gasteiger partial charge in [0, 0.05) is 11.0 Å². The zero-order chi connectivity index (χ0) is 19.3. The van der Waals surface area contributed by atoms with Crippen molar-refractivity contribution in [3.63, 3.8) is 0 Å². The molecule has 3 aromatic rings. The van der Waals surface area contributed by atoms with Gasteiger partial charge in [0.25, 0.3) is 0 Å². The predicted octanol–water partition coefficient (Wildman–Crippen LogP) is 3.42. The number of aromatic nitrogens is 3. The molecule has 0 saturated heterocycles. The second-order valence-electron chi connectivity index (χ2n) is 7.39. The van der Waals surface area contributed by atoms with Crippen molar-refractivity contribution in [2.24, 2.45) is 5.41 Å². The van der Waals surface area contributed by atoms with Gasteiger partial charge in [-0.2, -0.15) is 0 Å². The summed E-state index contributed by atoms with van der Waals surface area (Å²) in [5, 5.41) is 27.3. The minimum Gasteiger partial charge on any atom is -0.396 e. The summed E-state index contributed by atoms with van der Waals surface area (Å²) in [4.78, 5) is 0. The fraction of sp³-hybridized carbons (Fsp3) is 0.364. The number of aryl methyl sites for hydroxylation is 2. The average Bonchev–Trinajstić information content (AvgIpc) is 3.22. The Bertz CT molecular complexity index is 850. The quantitative estimate of drug-likeness (QED) is 0.642. The Morgan fingerprint density at radius 3 is 2.15 bits per heavy atom. The molecular formula is C22H27N3O2. The molecule has 0 aliphatic heterocycles. The van der Waals surface area contributed by atoms with E-state index in [-0.39, 0.29) is 13.2 Å². The molecule has 0 atom stereocenters. The molecule has 5 nitrogen and oxygen atoms in total. The number of benzene rings is 2. The van der Waals surface area contributed by atoms with Crippen LogP contribution in [-0.4, -0.2) is 38.4 Å². The Balaban J connectivity index is 1.69. The van der Waals surface area contributed by atoms with Gasteiger partial charge in [-0.15, -0.1) is 5.10 Å². The molecule has 0 radical (unpaired) electrons. The fourth-order valence-corrected chi connectivity index (χ4v) is 2.90. The first-order valence-electron chi connectivity index (χ1n) is 9.39. The summed E-state index contributed by atoms with van der Waals surface area (Å²) in [6.45, 7) is 4.01. The maximum Gasteiger partial charge on any atom is 0.113 e. The van der Waals surface area contributed by atoms with Crippen LogP contribution in [0.4, 0.5) is 0 Å². The maximum absolute atomic E-state index is 9.40. The van der Waals surface area contributed by atoms with Gasteiger partial charge < -0.3 is 10.2 Å². The van der Waals surface area contributed by atoms with Gasteiger partial charge in [-0.05, 0) is 42.5 Å². The highest BCUT2D eigenvalue weighted by atomic mass is 16.3. The molecule has 142 valence electrons. The monoisotopic (exact) mass is 365 g/mol. The van der Waals surface area contributed by atoms with Gasteiger partial charge in [0.2, 0.25) is 0 Å². The van der Waals surface area contributed by atoms with E-state index in [9.17, 15) is 10.2 Å². The van der Waals surface area contributed by atoms with Crippen LogP contribution in [0.3, 0.4) is 0 Å². The van der Waals surface area contributed by atoms with Crippen molar-refractivity contribution in [3.05, 3.63) is 65.9 Å². The molecule has 2 N–H and O–H groups in total. The highest BCUT2D eigenvalue weighted by Gasteiger charge is 2.21. The Labute approximate surface area is 160 Å². The molecule has 0 spiro atoms. The summed E-state index contributed by atoms with van der Waals surface area (Å²) >= 11 is 0. The van der Waals surface area contributed by atoms with Crippen LogP contribution in [0.5, 0.6) is 0 Å². The first-order valence-corrected chi connectivity index (χ1v) is 9.39. The van der Waals surface area contributed by atoms with E-state index in [1.165, 1.54) is 11.1 Å². The van der Waals surface area contributed by atoms with Gasteiger partial charge in [-0.1, -0.05) is 55.5 Å². The number of aliphatic hydroxyl groups is 2. The van der Waals surface area contributed by atoms with E-state index in [1.54, 1.807) is 4.68 Å². The van der Waals surface area contributed by atoms with Gasteiger partial charge in [0.15, 0.2) is 0 Å². The zero-order valence-electron chi connectivity index (χ0n) is 16.0. The van der Waals surface area contributed by atoms with Crippen molar-refractivity contribution in [2.75, 3.05) is 13.2 Å². The predicted molar refractivity (Wildman–Crippen MR) is 107 cm³/mol. The van der Waals surface area contributed by atoms with Gasteiger partial charge >= 0.3 is 0 Å². The van der Waals surface area contributed by atoms with Gasteiger partial charge in [0.05, 0.1) is 25.1 Å². The summed E-state index contributed by atoms with van der Waals surface area (Å²) in [6.07, 6.45) is 4.51. The Morgan fingerprint density at radius 1 is 0.926 bits per heavy atom. The fourth-order valence-electron chi connectivity index (χ4n) is 2.90. The van der Waals surface area contributed by atoms with Crippen molar-refractivity contribution in [1.29, 1.82) is 0 Å². The second-order valence-corrected chi connectivity index (χ2v) is 7.39. The highest BCUT2D eigenvalue weighted by molar-refractivity contribution is 5.58. The molecule has 0 fully saturated rings. The first kappa shape index (κ1) is 19.3.